The number of hydrogen-bond donors (Lipinski definition) is 5. The molecule has 60 heavy (non-hydrogen) atoms. The number of amides is 2. The Kier molecular flexibility index (Phi) is 14.0. The van der Waals surface area contributed by atoms with Gasteiger partial charge in [0.05, 0.1) is 42.8 Å². The van der Waals surface area contributed by atoms with Crippen LogP contribution < -0.4 is 40.2 Å². The van der Waals surface area contributed by atoms with Crippen LogP contribution >= 0.6 is 7.37 Å². The summed E-state index contributed by atoms with van der Waals surface area (Å²) in [7, 11) is -4.33. The van der Waals surface area contributed by atoms with Gasteiger partial charge in [0.15, 0.2) is 5.75 Å². The summed E-state index contributed by atoms with van der Waals surface area (Å²) in [5.74, 6) is 2.53. The first-order valence-electron chi connectivity index (χ1n) is 20.2. The van der Waals surface area contributed by atoms with Crippen LogP contribution in [0.1, 0.15) is 77.2 Å². The number of sulfonamides is 1. The van der Waals surface area contributed by atoms with Crippen LogP contribution in [0, 0.1) is 5.92 Å². The van der Waals surface area contributed by atoms with E-state index in [9.17, 15) is 22.7 Å². The Morgan fingerprint density at radius 1 is 0.833 bits per heavy atom. The predicted octanol–water partition coefficient (Wildman–Crippen LogP) is 10.7. The Morgan fingerprint density at radius 2 is 1.50 bits per heavy atom. The standard InChI is InChI=1S/C45H56N5O8PS/c1-45(2,29-30-15-11-9-7-8-10-12-16-30)31-25-37(43(57-4)38(26-31)50-60(6,54)55)49-44(51)48-36-20-21-39(35-18-14-13-17-34(35)36)58-33-23-24-46-42(28-33)47-32-19-22-41(59(5,52)53)40(27-32)56-3/h13-14,17-28,30,50H,7-12,15-16,29H2,1-6H3,(H,46,47)(H,52,53)(H2,48,49,51). The van der Waals surface area contributed by atoms with Gasteiger partial charge in [0.1, 0.15) is 23.1 Å². The molecule has 15 heteroatoms. The Balaban J connectivity index is 1.23. The van der Waals surface area contributed by atoms with Crippen molar-refractivity contribution in [2.75, 3.05) is 47.8 Å². The molecule has 1 fully saturated rings. The van der Waals surface area contributed by atoms with Crippen LogP contribution in [0.15, 0.2) is 85.1 Å². The fourth-order valence-electron chi connectivity index (χ4n) is 8.03. The monoisotopic (exact) mass is 857 g/mol. The van der Waals surface area contributed by atoms with E-state index in [4.69, 9.17) is 14.2 Å². The second kappa shape index (κ2) is 19.0. The minimum Gasteiger partial charge on any atom is -0.496 e. The molecule has 1 aliphatic carbocycles. The third-order valence-electron chi connectivity index (χ3n) is 10.9. The number of rotatable bonds is 14. The number of aromatic nitrogens is 1. The van der Waals surface area contributed by atoms with Gasteiger partial charge in [0, 0.05) is 41.5 Å². The van der Waals surface area contributed by atoms with Crippen LogP contribution in [-0.2, 0) is 20.0 Å². The molecule has 0 spiro atoms. The molecule has 0 aliphatic heterocycles. The molecule has 2 amide bonds. The van der Waals surface area contributed by atoms with Gasteiger partial charge in [-0.3, -0.25) is 9.29 Å². The molecule has 1 atom stereocenters. The SMILES string of the molecule is COc1cc(Nc2cc(Oc3ccc(NC(=O)Nc4cc(C(C)(C)CC5CCCCCCCC5)cc(NS(C)(=O)=O)c4OC)c4ccccc34)ccn2)ccc1P(C)(=O)O. The minimum absolute atomic E-state index is 0.200. The highest BCUT2D eigenvalue weighted by molar-refractivity contribution is 7.92. The smallest absolute Gasteiger partial charge is 0.323 e. The van der Waals surface area contributed by atoms with Gasteiger partial charge in [-0.25, -0.2) is 18.2 Å². The zero-order valence-corrected chi connectivity index (χ0v) is 36.8. The lowest BCUT2D eigenvalue weighted by Gasteiger charge is -2.32. The third kappa shape index (κ3) is 11.5. The Labute approximate surface area is 353 Å². The molecule has 4 aromatic carbocycles. The Morgan fingerprint density at radius 3 is 2.17 bits per heavy atom. The van der Waals surface area contributed by atoms with Crippen LogP contribution in [0.3, 0.4) is 0 Å². The summed E-state index contributed by atoms with van der Waals surface area (Å²) in [6.45, 7) is 5.61. The van der Waals surface area contributed by atoms with Crippen LogP contribution in [0.4, 0.5) is 33.4 Å². The van der Waals surface area contributed by atoms with Crippen LogP contribution in [-0.4, -0.2) is 51.5 Å². The quantitative estimate of drug-likeness (QED) is 0.0675. The van der Waals surface area contributed by atoms with Crippen molar-refractivity contribution in [3.8, 4) is 23.0 Å². The van der Waals surface area contributed by atoms with Gasteiger partial charge in [0.2, 0.25) is 17.4 Å². The van der Waals surface area contributed by atoms with Gasteiger partial charge in [-0.05, 0) is 65.8 Å². The highest BCUT2D eigenvalue weighted by Crippen LogP contribution is 2.43. The number of carbonyl (C=O) groups excluding carboxylic acids is 1. The fourth-order valence-corrected chi connectivity index (χ4v) is 9.50. The molecular weight excluding hydrogens is 802 g/mol. The van der Waals surface area contributed by atoms with Crippen LogP contribution in [0.2, 0.25) is 0 Å². The summed E-state index contributed by atoms with van der Waals surface area (Å²) in [5, 5.41) is 10.8. The molecule has 1 heterocycles. The molecule has 1 saturated carbocycles. The van der Waals surface area contributed by atoms with Gasteiger partial charge in [0.25, 0.3) is 0 Å². The lowest BCUT2D eigenvalue weighted by Crippen LogP contribution is -2.24. The van der Waals surface area contributed by atoms with Gasteiger partial charge in [-0.15, -0.1) is 0 Å². The van der Waals surface area contributed by atoms with E-state index in [-0.39, 0.29) is 27.9 Å². The molecule has 0 radical (unpaired) electrons. The summed E-state index contributed by atoms with van der Waals surface area (Å²) in [4.78, 5) is 28.3. The number of fused-ring (bicyclic) bond motifs is 1. The molecule has 320 valence electrons. The van der Waals surface area contributed by atoms with Gasteiger partial charge >= 0.3 is 6.03 Å². The van der Waals surface area contributed by atoms with Crippen molar-refractivity contribution < 1.29 is 36.9 Å². The molecule has 5 aromatic rings. The molecule has 13 nitrogen and oxygen atoms in total. The fraction of sp³-hybridized carbons (Fsp3) is 0.378. The number of benzene rings is 4. The number of anilines is 5. The Bertz CT molecular complexity index is 2480. The first kappa shape index (κ1) is 44.3. The third-order valence-corrected chi connectivity index (χ3v) is 12.7. The van der Waals surface area contributed by atoms with Crippen LogP contribution in [0.25, 0.3) is 10.8 Å². The van der Waals surface area contributed by atoms with E-state index in [1.54, 1.807) is 48.7 Å². The number of ether oxygens (including phenoxy) is 3. The summed E-state index contributed by atoms with van der Waals surface area (Å²) in [6, 6.07) is 22.5. The average molecular weight is 858 g/mol. The topological polar surface area (TPSA) is 177 Å². The molecular formula is C45H56N5O8PS. The van der Waals surface area contributed by atoms with Crippen molar-refractivity contribution in [2.45, 2.75) is 77.0 Å². The Hall–Kier alpha value is -5.30. The van der Waals surface area contributed by atoms with Crippen molar-refractivity contribution in [1.29, 1.82) is 0 Å². The number of nitrogens with one attached hydrogen (secondary N) is 4. The van der Waals surface area contributed by atoms with Gasteiger partial charge < -0.3 is 35.1 Å². The zero-order chi connectivity index (χ0) is 43.1. The van der Waals surface area contributed by atoms with Crippen LogP contribution in [0.5, 0.6) is 23.0 Å². The number of pyridine rings is 1. The zero-order valence-electron chi connectivity index (χ0n) is 35.1. The maximum absolute atomic E-state index is 13.8. The molecule has 1 aromatic heterocycles. The van der Waals surface area contributed by atoms with Crippen molar-refractivity contribution in [2.24, 2.45) is 5.92 Å². The molecule has 0 bridgehead atoms. The van der Waals surface area contributed by atoms with E-state index >= 15 is 0 Å². The maximum atomic E-state index is 13.8. The molecule has 1 unspecified atom stereocenters. The first-order chi connectivity index (χ1) is 28.5. The van der Waals surface area contributed by atoms with E-state index in [0.29, 0.717) is 40.3 Å². The highest BCUT2D eigenvalue weighted by atomic mass is 32.2. The van der Waals surface area contributed by atoms with E-state index in [1.165, 1.54) is 72.3 Å². The molecule has 5 N–H and O–H groups in total. The predicted molar refractivity (Wildman–Crippen MR) is 242 cm³/mol. The first-order valence-corrected chi connectivity index (χ1v) is 24.2. The van der Waals surface area contributed by atoms with E-state index in [1.807, 2.05) is 36.4 Å². The van der Waals surface area contributed by atoms with Crippen molar-refractivity contribution in [1.82, 2.24) is 4.98 Å². The summed E-state index contributed by atoms with van der Waals surface area (Å²) < 4.78 is 57.4. The van der Waals surface area contributed by atoms with Gasteiger partial charge in [-0.2, -0.15) is 0 Å². The summed E-state index contributed by atoms with van der Waals surface area (Å²) >= 11 is 0. The van der Waals surface area contributed by atoms with Crippen molar-refractivity contribution in [3.63, 3.8) is 0 Å². The number of nitrogens with zero attached hydrogens (tertiary/aromatic N) is 1. The minimum atomic E-state index is -3.68. The number of carbonyl (C=O) groups is 1. The van der Waals surface area contributed by atoms with Crippen molar-refractivity contribution >= 4 is 68.1 Å². The second-order valence-electron chi connectivity index (χ2n) is 16.2. The molecule has 6 rings (SSSR count). The number of hydrogen-bond acceptors (Lipinski definition) is 9. The molecule has 1 aliphatic rings. The lowest BCUT2D eigenvalue weighted by atomic mass is 9.74. The average Bonchev–Trinajstić information content (AvgIpc) is 3.31. The van der Waals surface area contributed by atoms with E-state index < -0.39 is 23.4 Å². The second-order valence-corrected chi connectivity index (χ2v) is 20.2. The van der Waals surface area contributed by atoms with Crippen molar-refractivity contribution in [3.05, 3.63) is 90.6 Å². The number of methoxy groups -OCH3 is 2. The highest BCUT2D eigenvalue weighted by Gasteiger charge is 2.29. The van der Waals surface area contributed by atoms with E-state index in [2.05, 4.69) is 39.5 Å². The van der Waals surface area contributed by atoms with Gasteiger partial charge in [-0.1, -0.05) is 89.5 Å². The lowest BCUT2D eigenvalue weighted by molar-refractivity contribution is 0.262. The normalized spacial score (nSPS) is 15.1. The molecule has 0 saturated heterocycles. The van der Waals surface area contributed by atoms with E-state index in [0.717, 1.165) is 29.0 Å². The summed E-state index contributed by atoms with van der Waals surface area (Å²) in [6.07, 6.45) is 13.5. The maximum Gasteiger partial charge on any atom is 0.323 e. The number of urea groups is 1. The largest absolute Gasteiger partial charge is 0.496 e. The summed E-state index contributed by atoms with van der Waals surface area (Å²) in [5.41, 5.74) is 2.27.